The molecule has 0 radical (unpaired) electrons. The van der Waals surface area contributed by atoms with Gasteiger partial charge in [-0.05, 0) is 41.8 Å². The Balaban J connectivity index is 1.95. The molecule has 0 spiro atoms. The Bertz CT molecular complexity index is 780. The van der Waals surface area contributed by atoms with Crippen LogP contribution in [0.1, 0.15) is 22.8 Å². The monoisotopic (exact) mass is 297 g/mol. The Hall–Kier alpha value is -1.90. The number of rotatable bonds is 3. The van der Waals surface area contributed by atoms with Crippen molar-refractivity contribution in [1.29, 1.82) is 0 Å². The normalized spacial score (nSPS) is 12.5. The summed E-state index contributed by atoms with van der Waals surface area (Å²) in [6.07, 6.45) is 1.63. The van der Waals surface area contributed by atoms with Gasteiger partial charge in [-0.2, -0.15) is 0 Å². The van der Waals surface area contributed by atoms with Gasteiger partial charge in [0.2, 0.25) is 0 Å². The van der Waals surface area contributed by atoms with Crippen molar-refractivity contribution in [3.05, 3.63) is 76.4 Å². The van der Waals surface area contributed by atoms with Crippen molar-refractivity contribution in [2.75, 3.05) is 0 Å². The molecule has 1 heterocycles. The van der Waals surface area contributed by atoms with Gasteiger partial charge in [0.1, 0.15) is 0 Å². The van der Waals surface area contributed by atoms with Crippen LogP contribution in [0.2, 0.25) is 5.02 Å². The Labute approximate surface area is 129 Å². The van der Waals surface area contributed by atoms with Crippen LogP contribution < -0.4 is 0 Å². The first-order valence-electron chi connectivity index (χ1n) is 6.92. The molecule has 1 atom stereocenters. The molecule has 1 unspecified atom stereocenters. The largest absolute Gasteiger partial charge is 0.388 e. The number of hydrogen-bond donors (Lipinski definition) is 1. The molecule has 0 bridgehead atoms. The van der Waals surface area contributed by atoms with E-state index < -0.39 is 6.10 Å². The zero-order valence-corrected chi connectivity index (χ0v) is 12.5. The second kappa shape index (κ2) is 5.84. The van der Waals surface area contributed by atoms with Crippen molar-refractivity contribution in [1.82, 2.24) is 4.98 Å². The van der Waals surface area contributed by atoms with E-state index in [2.05, 4.69) is 4.98 Å². The standard InChI is InChI=1S/C18H16ClNO/c1-12-6-7-13(16(19)10-12)11-18(21)15-8-9-20-17-5-3-2-4-14(15)17/h2-10,18,21H,11H2,1H3. The minimum Gasteiger partial charge on any atom is -0.388 e. The van der Waals surface area contributed by atoms with Crippen LogP contribution >= 0.6 is 11.6 Å². The molecule has 0 amide bonds. The number of para-hydroxylation sites is 1. The maximum Gasteiger partial charge on any atom is 0.0838 e. The highest BCUT2D eigenvalue weighted by Gasteiger charge is 2.14. The number of aromatic nitrogens is 1. The van der Waals surface area contributed by atoms with Crippen LogP contribution in [-0.2, 0) is 6.42 Å². The van der Waals surface area contributed by atoms with E-state index in [0.717, 1.165) is 27.6 Å². The summed E-state index contributed by atoms with van der Waals surface area (Å²) < 4.78 is 0. The zero-order valence-electron chi connectivity index (χ0n) is 11.8. The van der Waals surface area contributed by atoms with E-state index in [9.17, 15) is 5.11 Å². The van der Waals surface area contributed by atoms with Gasteiger partial charge in [0, 0.05) is 23.0 Å². The van der Waals surface area contributed by atoms with E-state index in [1.807, 2.05) is 55.5 Å². The molecule has 0 aliphatic carbocycles. The number of aryl methyl sites for hydroxylation is 1. The van der Waals surface area contributed by atoms with Gasteiger partial charge in [0.15, 0.2) is 0 Å². The van der Waals surface area contributed by atoms with Crippen molar-refractivity contribution >= 4 is 22.5 Å². The number of benzene rings is 2. The molecule has 1 N–H and O–H groups in total. The quantitative estimate of drug-likeness (QED) is 0.773. The number of aliphatic hydroxyl groups excluding tert-OH is 1. The van der Waals surface area contributed by atoms with E-state index in [4.69, 9.17) is 11.6 Å². The third-order valence-electron chi connectivity index (χ3n) is 3.66. The van der Waals surface area contributed by atoms with Gasteiger partial charge in [-0.15, -0.1) is 0 Å². The molecule has 106 valence electrons. The highest BCUT2D eigenvalue weighted by Crippen LogP contribution is 2.28. The molecule has 3 rings (SSSR count). The molecule has 0 fully saturated rings. The van der Waals surface area contributed by atoms with E-state index in [0.29, 0.717) is 11.4 Å². The molecule has 21 heavy (non-hydrogen) atoms. The van der Waals surface area contributed by atoms with Gasteiger partial charge < -0.3 is 5.11 Å². The fourth-order valence-electron chi connectivity index (χ4n) is 2.54. The van der Waals surface area contributed by atoms with Crippen molar-refractivity contribution in [2.24, 2.45) is 0 Å². The first kappa shape index (κ1) is 14.1. The van der Waals surface area contributed by atoms with Gasteiger partial charge in [0.25, 0.3) is 0 Å². The number of pyridine rings is 1. The van der Waals surface area contributed by atoms with Gasteiger partial charge in [-0.3, -0.25) is 4.98 Å². The number of aliphatic hydroxyl groups is 1. The molecule has 2 nitrogen and oxygen atoms in total. The fourth-order valence-corrected chi connectivity index (χ4v) is 2.86. The second-order valence-corrected chi connectivity index (χ2v) is 5.64. The molecule has 3 aromatic rings. The maximum atomic E-state index is 10.6. The summed E-state index contributed by atoms with van der Waals surface area (Å²) in [6.45, 7) is 2.00. The number of halogens is 1. The average molecular weight is 298 g/mol. The highest BCUT2D eigenvalue weighted by molar-refractivity contribution is 6.31. The van der Waals surface area contributed by atoms with Crippen molar-refractivity contribution in [2.45, 2.75) is 19.4 Å². The Morgan fingerprint density at radius 3 is 2.76 bits per heavy atom. The molecular formula is C18H16ClNO. The summed E-state index contributed by atoms with van der Waals surface area (Å²) in [5, 5.41) is 12.3. The Morgan fingerprint density at radius 2 is 1.95 bits per heavy atom. The summed E-state index contributed by atoms with van der Waals surface area (Å²) in [5.41, 5.74) is 3.85. The van der Waals surface area contributed by atoms with Gasteiger partial charge in [-0.25, -0.2) is 0 Å². The van der Waals surface area contributed by atoms with Gasteiger partial charge >= 0.3 is 0 Å². The Morgan fingerprint density at radius 1 is 1.14 bits per heavy atom. The van der Waals surface area contributed by atoms with E-state index in [1.165, 1.54) is 0 Å². The summed E-state index contributed by atoms with van der Waals surface area (Å²) in [5.74, 6) is 0. The van der Waals surface area contributed by atoms with E-state index in [1.54, 1.807) is 6.20 Å². The SMILES string of the molecule is Cc1ccc(CC(O)c2ccnc3ccccc23)c(Cl)c1. The van der Waals surface area contributed by atoms with E-state index >= 15 is 0 Å². The van der Waals surface area contributed by atoms with Crippen molar-refractivity contribution < 1.29 is 5.11 Å². The van der Waals surface area contributed by atoms with Crippen LogP contribution in [0.25, 0.3) is 10.9 Å². The van der Waals surface area contributed by atoms with Crippen LogP contribution in [0.15, 0.2) is 54.7 Å². The summed E-state index contributed by atoms with van der Waals surface area (Å²) in [6, 6.07) is 15.6. The van der Waals surface area contributed by atoms with Crippen LogP contribution in [-0.4, -0.2) is 10.1 Å². The van der Waals surface area contributed by atoms with Gasteiger partial charge in [-0.1, -0.05) is 41.9 Å². The molecule has 0 saturated heterocycles. The molecule has 0 saturated carbocycles. The molecule has 0 aliphatic rings. The molecule has 0 aliphatic heterocycles. The van der Waals surface area contributed by atoms with Crippen LogP contribution in [0.3, 0.4) is 0 Å². The van der Waals surface area contributed by atoms with Crippen molar-refractivity contribution in [3.8, 4) is 0 Å². The number of hydrogen-bond acceptors (Lipinski definition) is 2. The topological polar surface area (TPSA) is 33.1 Å². The molecule has 1 aromatic heterocycles. The predicted octanol–water partition coefficient (Wildman–Crippen LogP) is 4.47. The van der Waals surface area contributed by atoms with Gasteiger partial charge in [0.05, 0.1) is 11.6 Å². The lowest BCUT2D eigenvalue weighted by Crippen LogP contribution is -2.03. The Kier molecular flexibility index (Phi) is 3.91. The predicted molar refractivity (Wildman–Crippen MR) is 86.6 cm³/mol. The summed E-state index contributed by atoms with van der Waals surface area (Å²) in [4.78, 5) is 4.32. The number of nitrogens with zero attached hydrogens (tertiary/aromatic N) is 1. The van der Waals surface area contributed by atoms with Crippen molar-refractivity contribution in [3.63, 3.8) is 0 Å². The average Bonchev–Trinajstić information content (AvgIpc) is 2.49. The smallest absolute Gasteiger partial charge is 0.0838 e. The maximum absolute atomic E-state index is 10.6. The highest BCUT2D eigenvalue weighted by atomic mass is 35.5. The summed E-state index contributed by atoms with van der Waals surface area (Å²) in [7, 11) is 0. The zero-order chi connectivity index (χ0) is 14.8. The lowest BCUT2D eigenvalue weighted by Gasteiger charge is -2.14. The number of fused-ring (bicyclic) bond motifs is 1. The fraction of sp³-hybridized carbons (Fsp3) is 0.167. The van der Waals surface area contributed by atoms with Crippen LogP contribution in [0.4, 0.5) is 0 Å². The van der Waals surface area contributed by atoms with Crippen LogP contribution in [0, 0.1) is 6.92 Å². The third kappa shape index (κ3) is 2.92. The second-order valence-electron chi connectivity index (χ2n) is 5.23. The lowest BCUT2D eigenvalue weighted by atomic mass is 9.98. The minimum absolute atomic E-state index is 0.493. The lowest BCUT2D eigenvalue weighted by molar-refractivity contribution is 0.180. The van der Waals surface area contributed by atoms with E-state index in [-0.39, 0.29) is 0 Å². The molecule has 3 heteroatoms. The summed E-state index contributed by atoms with van der Waals surface area (Å²) >= 11 is 6.26. The minimum atomic E-state index is -0.599. The molecular weight excluding hydrogens is 282 g/mol. The molecule has 2 aromatic carbocycles. The third-order valence-corrected chi connectivity index (χ3v) is 4.02. The first-order chi connectivity index (χ1) is 10.1. The first-order valence-corrected chi connectivity index (χ1v) is 7.29. The van der Waals surface area contributed by atoms with Crippen LogP contribution in [0.5, 0.6) is 0 Å².